The molecule has 0 spiro atoms. The average Bonchev–Trinajstić information content (AvgIpc) is 2.50. The second-order valence-corrected chi connectivity index (χ2v) is 5.97. The van der Waals surface area contributed by atoms with E-state index in [1.165, 1.54) is 0 Å². The second-order valence-electron chi connectivity index (χ2n) is 5.97. The third-order valence-electron chi connectivity index (χ3n) is 3.08. The van der Waals surface area contributed by atoms with Crippen molar-refractivity contribution in [3.63, 3.8) is 0 Å². The molecule has 0 aliphatic heterocycles. The van der Waals surface area contributed by atoms with E-state index in [-0.39, 0.29) is 0 Å². The highest BCUT2D eigenvalue weighted by Crippen LogP contribution is 2.27. The van der Waals surface area contributed by atoms with Crippen LogP contribution in [0.3, 0.4) is 0 Å². The third-order valence-corrected chi connectivity index (χ3v) is 3.08. The standard InChI is InChI=1S/C13H25N3/c1-10(2)15-12-14-7-8-16(12)9-11(3)13(4,5)6/h7-8,10-11H,9H2,1-6H3,(H,14,15). The Morgan fingerprint density at radius 3 is 2.44 bits per heavy atom. The van der Waals surface area contributed by atoms with Gasteiger partial charge in [0, 0.05) is 25.0 Å². The van der Waals surface area contributed by atoms with Gasteiger partial charge in [0.1, 0.15) is 0 Å². The molecule has 1 rings (SSSR count). The van der Waals surface area contributed by atoms with Gasteiger partial charge in [-0.3, -0.25) is 0 Å². The van der Waals surface area contributed by atoms with Crippen molar-refractivity contribution in [1.82, 2.24) is 9.55 Å². The molecule has 0 aromatic carbocycles. The number of hydrogen-bond donors (Lipinski definition) is 1. The Kier molecular flexibility index (Phi) is 4.00. The van der Waals surface area contributed by atoms with Gasteiger partial charge in [-0.2, -0.15) is 0 Å². The van der Waals surface area contributed by atoms with E-state index in [1.54, 1.807) is 0 Å². The van der Waals surface area contributed by atoms with Crippen molar-refractivity contribution in [2.45, 2.75) is 54.1 Å². The predicted octanol–water partition coefficient (Wildman–Crippen LogP) is 3.39. The Morgan fingerprint density at radius 2 is 1.94 bits per heavy atom. The highest BCUT2D eigenvalue weighted by molar-refractivity contribution is 5.26. The van der Waals surface area contributed by atoms with E-state index < -0.39 is 0 Å². The van der Waals surface area contributed by atoms with Gasteiger partial charge in [-0.15, -0.1) is 0 Å². The van der Waals surface area contributed by atoms with Gasteiger partial charge in [-0.05, 0) is 25.2 Å². The maximum Gasteiger partial charge on any atom is 0.202 e. The number of imidazole rings is 1. The Bertz CT molecular complexity index is 320. The molecule has 0 amide bonds. The average molecular weight is 223 g/mol. The van der Waals surface area contributed by atoms with Crippen LogP contribution in [-0.4, -0.2) is 15.6 Å². The van der Waals surface area contributed by atoms with Crippen LogP contribution in [-0.2, 0) is 6.54 Å². The summed E-state index contributed by atoms with van der Waals surface area (Å²) in [6.45, 7) is 14.4. The molecule has 0 radical (unpaired) electrons. The minimum atomic E-state index is 0.333. The molecule has 3 nitrogen and oxygen atoms in total. The van der Waals surface area contributed by atoms with Gasteiger partial charge in [0.25, 0.3) is 0 Å². The first-order valence-electron chi connectivity index (χ1n) is 6.08. The van der Waals surface area contributed by atoms with Crippen molar-refractivity contribution in [2.75, 3.05) is 5.32 Å². The van der Waals surface area contributed by atoms with Crippen molar-refractivity contribution in [3.8, 4) is 0 Å². The Morgan fingerprint density at radius 1 is 1.31 bits per heavy atom. The molecular weight excluding hydrogens is 198 g/mol. The summed E-state index contributed by atoms with van der Waals surface area (Å²) in [5.41, 5.74) is 0.333. The smallest absolute Gasteiger partial charge is 0.202 e. The molecule has 3 heteroatoms. The summed E-state index contributed by atoms with van der Waals surface area (Å²) in [6.07, 6.45) is 3.91. The van der Waals surface area contributed by atoms with Gasteiger partial charge in [0.2, 0.25) is 5.95 Å². The van der Waals surface area contributed by atoms with E-state index in [9.17, 15) is 0 Å². The van der Waals surface area contributed by atoms with Crippen LogP contribution in [0.25, 0.3) is 0 Å². The number of nitrogens with zero attached hydrogens (tertiary/aromatic N) is 2. The van der Waals surface area contributed by atoms with Crippen LogP contribution in [0.5, 0.6) is 0 Å². The molecule has 1 aromatic rings. The van der Waals surface area contributed by atoms with Crippen LogP contribution in [0.2, 0.25) is 0 Å². The lowest BCUT2D eigenvalue weighted by Gasteiger charge is -2.28. The zero-order chi connectivity index (χ0) is 12.3. The van der Waals surface area contributed by atoms with Crippen molar-refractivity contribution >= 4 is 5.95 Å². The summed E-state index contributed by atoms with van der Waals surface area (Å²) in [5.74, 6) is 1.60. The lowest BCUT2D eigenvalue weighted by Crippen LogP contribution is -2.24. The molecule has 92 valence electrons. The number of anilines is 1. The first kappa shape index (κ1) is 13.1. The van der Waals surface area contributed by atoms with Gasteiger partial charge in [-0.1, -0.05) is 27.7 Å². The molecule has 0 saturated carbocycles. The molecule has 1 atom stereocenters. The summed E-state index contributed by atoms with van der Waals surface area (Å²) in [5, 5.41) is 3.36. The number of aromatic nitrogens is 2. The lowest BCUT2D eigenvalue weighted by molar-refractivity contribution is 0.233. The molecule has 0 bridgehead atoms. The zero-order valence-electron chi connectivity index (χ0n) is 11.4. The molecular formula is C13H25N3. The summed E-state index contributed by atoms with van der Waals surface area (Å²) < 4.78 is 2.20. The molecule has 0 saturated heterocycles. The minimum Gasteiger partial charge on any atom is -0.353 e. The Balaban J connectivity index is 2.70. The quantitative estimate of drug-likeness (QED) is 0.848. The van der Waals surface area contributed by atoms with Gasteiger partial charge in [-0.25, -0.2) is 4.98 Å². The lowest BCUT2D eigenvalue weighted by atomic mass is 9.82. The van der Waals surface area contributed by atoms with Gasteiger partial charge in [0.05, 0.1) is 0 Å². The molecule has 0 fully saturated rings. The van der Waals surface area contributed by atoms with Crippen LogP contribution >= 0.6 is 0 Å². The normalized spacial score (nSPS) is 14.2. The SMILES string of the molecule is CC(C)Nc1nccn1CC(C)C(C)(C)C. The monoisotopic (exact) mass is 223 g/mol. The fourth-order valence-corrected chi connectivity index (χ4v) is 1.42. The number of hydrogen-bond acceptors (Lipinski definition) is 2. The summed E-state index contributed by atoms with van der Waals surface area (Å²) >= 11 is 0. The summed E-state index contributed by atoms with van der Waals surface area (Å²) in [7, 11) is 0. The third kappa shape index (κ3) is 3.54. The molecule has 0 aliphatic rings. The second kappa shape index (κ2) is 4.89. The maximum atomic E-state index is 4.34. The fourth-order valence-electron chi connectivity index (χ4n) is 1.42. The van der Waals surface area contributed by atoms with Crippen molar-refractivity contribution in [1.29, 1.82) is 0 Å². The highest BCUT2D eigenvalue weighted by atomic mass is 15.2. The molecule has 1 heterocycles. The summed E-state index contributed by atoms with van der Waals surface area (Å²) in [6, 6.07) is 0.422. The molecule has 1 N–H and O–H groups in total. The first-order valence-corrected chi connectivity index (χ1v) is 6.08. The minimum absolute atomic E-state index is 0.333. The van der Waals surface area contributed by atoms with Crippen LogP contribution in [0.4, 0.5) is 5.95 Å². The Hall–Kier alpha value is -0.990. The largest absolute Gasteiger partial charge is 0.353 e. The Labute approximate surface area is 99.3 Å². The van der Waals surface area contributed by atoms with E-state index in [0.717, 1.165) is 12.5 Å². The van der Waals surface area contributed by atoms with Crippen molar-refractivity contribution < 1.29 is 0 Å². The van der Waals surface area contributed by atoms with Gasteiger partial charge in [0.15, 0.2) is 0 Å². The van der Waals surface area contributed by atoms with E-state index in [2.05, 4.69) is 56.4 Å². The van der Waals surface area contributed by atoms with Crippen LogP contribution < -0.4 is 5.32 Å². The van der Waals surface area contributed by atoms with Crippen LogP contribution in [0.15, 0.2) is 12.4 Å². The van der Waals surface area contributed by atoms with E-state index in [0.29, 0.717) is 17.4 Å². The maximum absolute atomic E-state index is 4.34. The van der Waals surface area contributed by atoms with E-state index in [1.807, 2.05) is 12.4 Å². The molecule has 1 aromatic heterocycles. The topological polar surface area (TPSA) is 29.9 Å². The van der Waals surface area contributed by atoms with Gasteiger partial charge >= 0.3 is 0 Å². The molecule has 1 unspecified atom stereocenters. The predicted molar refractivity (Wildman–Crippen MR) is 69.6 cm³/mol. The number of nitrogens with one attached hydrogen (secondary N) is 1. The van der Waals surface area contributed by atoms with Gasteiger partial charge < -0.3 is 9.88 Å². The zero-order valence-corrected chi connectivity index (χ0v) is 11.4. The summed E-state index contributed by atoms with van der Waals surface area (Å²) in [4.78, 5) is 4.34. The molecule has 16 heavy (non-hydrogen) atoms. The number of rotatable bonds is 4. The molecule has 0 aliphatic carbocycles. The van der Waals surface area contributed by atoms with E-state index >= 15 is 0 Å². The fraction of sp³-hybridized carbons (Fsp3) is 0.769. The first-order chi connectivity index (χ1) is 7.30. The highest BCUT2D eigenvalue weighted by Gasteiger charge is 2.21. The van der Waals surface area contributed by atoms with Crippen LogP contribution in [0, 0.1) is 11.3 Å². The van der Waals surface area contributed by atoms with E-state index in [4.69, 9.17) is 0 Å². The van der Waals surface area contributed by atoms with Crippen LogP contribution in [0.1, 0.15) is 41.5 Å². The van der Waals surface area contributed by atoms with Crippen molar-refractivity contribution in [3.05, 3.63) is 12.4 Å². The van der Waals surface area contributed by atoms with Crippen molar-refractivity contribution in [2.24, 2.45) is 11.3 Å².